The molecule has 29 heavy (non-hydrogen) atoms. The monoisotopic (exact) mass is 524 g/mol. The summed E-state index contributed by atoms with van der Waals surface area (Å²) in [6.45, 7) is 2.31. The Morgan fingerprint density at radius 1 is 1.31 bits per heavy atom. The highest BCUT2D eigenvalue weighted by Gasteiger charge is 2.32. The van der Waals surface area contributed by atoms with Crippen molar-refractivity contribution in [1.29, 1.82) is 0 Å². The highest BCUT2D eigenvalue weighted by atomic mass is 127. The molecular weight excluding hydrogens is 507 g/mol. The molecule has 3 rings (SSSR count). The number of likely N-dealkylation sites (N-methyl/N-ethyl adjacent to an activating group) is 1. The number of thioether (sulfide) groups is 1. The Balaban J connectivity index is 1.93. The molecule has 2 aromatic carbocycles. The lowest BCUT2D eigenvalue weighted by molar-refractivity contribution is -0.122. The molecule has 0 aliphatic carbocycles. The van der Waals surface area contributed by atoms with Crippen LogP contribution in [-0.2, 0) is 4.79 Å². The number of hydrogen-bond donors (Lipinski definition) is 2. The molecule has 9 heteroatoms. The Morgan fingerprint density at radius 3 is 2.59 bits per heavy atom. The van der Waals surface area contributed by atoms with E-state index >= 15 is 0 Å². The van der Waals surface area contributed by atoms with Crippen molar-refractivity contribution in [3.05, 3.63) is 56.0 Å². The number of aliphatic imine (C=N–C) groups is 1. The molecule has 7 nitrogen and oxygen atoms in total. The Hall–Kier alpha value is -2.53. The zero-order valence-electron chi connectivity index (χ0n) is 15.5. The molecule has 0 bridgehead atoms. The van der Waals surface area contributed by atoms with E-state index in [1.807, 2.05) is 29.5 Å². The smallest absolute Gasteiger partial charge is 0.335 e. The second-order valence-electron chi connectivity index (χ2n) is 5.96. The van der Waals surface area contributed by atoms with Crippen LogP contribution in [0.3, 0.4) is 0 Å². The number of amidine groups is 1. The van der Waals surface area contributed by atoms with Gasteiger partial charge in [0.1, 0.15) is 0 Å². The summed E-state index contributed by atoms with van der Waals surface area (Å²) in [6, 6.07) is 9.57. The molecule has 2 aromatic rings. The predicted octanol–water partition coefficient (Wildman–Crippen LogP) is 4.33. The number of aromatic carboxylic acids is 1. The van der Waals surface area contributed by atoms with Crippen LogP contribution >= 0.6 is 34.4 Å². The number of carboxylic acids is 1. The van der Waals surface area contributed by atoms with Crippen LogP contribution < -0.4 is 4.74 Å². The van der Waals surface area contributed by atoms with Gasteiger partial charge >= 0.3 is 5.97 Å². The molecule has 0 saturated carbocycles. The van der Waals surface area contributed by atoms with Crippen molar-refractivity contribution in [2.75, 3.05) is 13.7 Å². The number of carboxylic acid groups (broad SMARTS) is 1. The maximum Gasteiger partial charge on any atom is 0.335 e. The first kappa shape index (κ1) is 21.2. The number of halogens is 1. The average Bonchev–Trinajstić information content (AvgIpc) is 2.99. The Labute approximate surface area is 185 Å². The molecule has 1 aliphatic rings. The minimum absolute atomic E-state index is 0.0582. The molecule has 1 fully saturated rings. The number of aromatic hydroxyl groups is 1. The van der Waals surface area contributed by atoms with E-state index in [9.17, 15) is 14.7 Å². The van der Waals surface area contributed by atoms with E-state index in [2.05, 4.69) is 4.99 Å². The fourth-order valence-corrected chi connectivity index (χ4v) is 4.33. The van der Waals surface area contributed by atoms with Gasteiger partial charge < -0.3 is 14.9 Å². The van der Waals surface area contributed by atoms with Gasteiger partial charge in [0.15, 0.2) is 16.7 Å². The van der Waals surface area contributed by atoms with Crippen molar-refractivity contribution < 1.29 is 24.5 Å². The number of carbonyl (C=O) groups is 2. The minimum atomic E-state index is -1.01. The summed E-state index contributed by atoms with van der Waals surface area (Å²) in [5.41, 5.74) is 1.46. The molecule has 150 valence electrons. The van der Waals surface area contributed by atoms with Crippen molar-refractivity contribution in [2.45, 2.75) is 6.92 Å². The van der Waals surface area contributed by atoms with Crippen LogP contribution in [0.4, 0.5) is 5.69 Å². The van der Waals surface area contributed by atoms with E-state index in [1.54, 1.807) is 35.2 Å². The molecule has 0 atom stereocenters. The molecule has 1 heterocycles. The molecule has 0 spiro atoms. The number of amides is 1. The maximum atomic E-state index is 12.8. The largest absolute Gasteiger partial charge is 0.504 e. The number of phenols is 1. The van der Waals surface area contributed by atoms with Gasteiger partial charge in [0.25, 0.3) is 5.91 Å². The van der Waals surface area contributed by atoms with Gasteiger partial charge in [-0.2, -0.15) is 0 Å². The lowest BCUT2D eigenvalue weighted by Gasteiger charge is -2.12. The number of ether oxygens (including phenoxy) is 1. The van der Waals surface area contributed by atoms with E-state index in [1.165, 1.54) is 31.0 Å². The van der Waals surface area contributed by atoms with Crippen LogP contribution in [0.1, 0.15) is 22.8 Å². The second-order valence-corrected chi connectivity index (χ2v) is 8.13. The number of rotatable bonds is 5. The number of carbonyl (C=O) groups excluding carboxylic acids is 1. The molecule has 2 N–H and O–H groups in total. The van der Waals surface area contributed by atoms with Crippen LogP contribution in [0.5, 0.6) is 11.5 Å². The summed E-state index contributed by atoms with van der Waals surface area (Å²) in [7, 11) is 1.47. The molecule has 1 amide bonds. The van der Waals surface area contributed by atoms with Gasteiger partial charge in [0.2, 0.25) is 0 Å². The second kappa shape index (κ2) is 8.87. The van der Waals surface area contributed by atoms with Crippen LogP contribution in [0, 0.1) is 3.57 Å². The van der Waals surface area contributed by atoms with E-state index in [4.69, 9.17) is 9.84 Å². The average molecular weight is 524 g/mol. The van der Waals surface area contributed by atoms with Crippen molar-refractivity contribution >= 4 is 63.2 Å². The molecule has 0 aromatic heterocycles. The summed E-state index contributed by atoms with van der Waals surface area (Å²) in [5.74, 6) is -0.781. The number of nitrogens with zero attached hydrogens (tertiary/aromatic N) is 2. The van der Waals surface area contributed by atoms with Crippen LogP contribution in [0.2, 0.25) is 0 Å². The minimum Gasteiger partial charge on any atom is -0.504 e. The SMILES string of the molecule is CCN1C(=O)/C(=C/c2cc(I)c(O)c(OC)c2)SC1=Nc1ccc(C(=O)O)cc1. The third-order valence-electron chi connectivity index (χ3n) is 4.11. The first-order chi connectivity index (χ1) is 13.8. The third-order valence-corrected chi connectivity index (χ3v) is 5.94. The quantitative estimate of drug-likeness (QED) is 0.447. The van der Waals surface area contributed by atoms with Crippen LogP contribution in [-0.4, -0.2) is 45.8 Å². The Morgan fingerprint density at radius 2 is 2.00 bits per heavy atom. The van der Waals surface area contributed by atoms with Gasteiger partial charge in [-0.25, -0.2) is 9.79 Å². The molecule has 1 aliphatic heterocycles. The van der Waals surface area contributed by atoms with Gasteiger partial charge in [-0.15, -0.1) is 0 Å². The molecule has 0 radical (unpaired) electrons. The van der Waals surface area contributed by atoms with Crippen LogP contribution in [0.25, 0.3) is 6.08 Å². The fourth-order valence-electron chi connectivity index (χ4n) is 2.64. The summed E-state index contributed by atoms with van der Waals surface area (Å²) in [6.07, 6.45) is 1.73. The Kier molecular flexibility index (Phi) is 6.48. The van der Waals surface area contributed by atoms with Crippen molar-refractivity contribution in [1.82, 2.24) is 4.90 Å². The number of methoxy groups -OCH3 is 1. The third kappa shape index (κ3) is 4.56. The van der Waals surface area contributed by atoms with E-state index in [0.29, 0.717) is 31.6 Å². The van der Waals surface area contributed by atoms with Crippen LogP contribution in [0.15, 0.2) is 46.3 Å². The van der Waals surface area contributed by atoms with Gasteiger partial charge in [-0.05, 0) is 89.3 Å². The summed E-state index contributed by atoms with van der Waals surface area (Å²) >= 11 is 3.24. The Bertz CT molecular complexity index is 1030. The van der Waals surface area contributed by atoms with Gasteiger partial charge in [0.05, 0.1) is 26.8 Å². The molecular formula is C20H17IN2O5S. The molecule has 0 unspecified atom stereocenters. The van der Waals surface area contributed by atoms with E-state index in [0.717, 1.165) is 5.56 Å². The van der Waals surface area contributed by atoms with Crippen molar-refractivity contribution in [3.63, 3.8) is 0 Å². The molecule has 1 saturated heterocycles. The number of hydrogen-bond acceptors (Lipinski definition) is 6. The summed E-state index contributed by atoms with van der Waals surface area (Å²) in [5, 5.41) is 19.5. The van der Waals surface area contributed by atoms with E-state index in [-0.39, 0.29) is 17.2 Å². The van der Waals surface area contributed by atoms with Crippen molar-refractivity contribution in [3.8, 4) is 11.5 Å². The van der Waals surface area contributed by atoms with E-state index < -0.39 is 5.97 Å². The van der Waals surface area contributed by atoms with Gasteiger partial charge in [-0.3, -0.25) is 9.69 Å². The zero-order valence-corrected chi connectivity index (χ0v) is 18.5. The first-order valence-corrected chi connectivity index (χ1v) is 10.4. The number of benzene rings is 2. The highest BCUT2D eigenvalue weighted by molar-refractivity contribution is 14.1. The normalized spacial score (nSPS) is 16.7. The maximum absolute atomic E-state index is 12.8. The standard InChI is InChI=1S/C20H17IN2O5S/c1-3-23-18(25)16(10-11-8-14(21)17(24)15(9-11)28-2)29-20(23)22-13-6-4-12(5-7-13)19(26)27/h4-10,24H,3H2,1-2H3,(H,26,27)/b16-10-,22-20?. The van der Waals surface area contributed by atoms with Gasteiger partial charge in [-0.1, -0.05) is 0 Å². The predicted molar refractivity (Wildman–Crippen MR) is 121 cm³/mol. The first-order valence-electron chi connectivity index (χ1n) is 8.54. The fraction of sp³-hybridized carbons (Fsp3) is 0.150. The summed E-state index contributed by atoms with van der Waals surface area (Å²) in [4.78, 5) is 30.3. The topological polar surface area (TPSA) is 99.4 Å². The lowest BCUT2D eigenvalue weighted by atomic mass is 10.2. The highest BCUT2D eigenvalue weighted by Crippen LogP contribution is 2.37. The lowest BCUT2D eigenvalue weighted by Crippen LogP contribution is -2.28. The number of phenolic OH excluding ortho intramolecular Hbond substituents is 1. The van der Waals surface area contributed by atoms with Gasteiger partial charge in [0, 0.05) is 6.54 Å². The van der Waals surface area contributed by atoms with Crippen molar-refractivity contribution in [2.24, 2.45) is 4.99 Å². The summed E-state index contributed by atoms with van der Waals surface area (Å²) < 4.78 is 5.79. The zero-order chi connectivity index (χ0) is 21.1.